The minimum atomic E-state index is -1.59. The summed E-state index contributed by atoms with van der Waals surface area (Å²) in [4.78, 5) is 23.3. The molecule has 0 aliphatic heterocycles. The van der Waals surface area contributed by atoms with Crippen LogP contribution >= 0.6 is 11.6 Å². The van der Waals surface area contributed by atoms with E-state index in [-0.39, 0.29) is 35.2 Å². The number of carbonyl (C=O) groups is 2. The van der Waals surface area contributed by atoms with Gasteiger partial charge in [-0.05, 0) is 34.4 Å². The number of fused-ring (bicyclic) bond motifs is 3. The minimum absolute atomic E-state index is 0.107. The Morgan fingerprint density at radius 3 is 2.27 bits per heavy atom. The number of hydrogen-bond donors (Lipinski definition) is 4. The maximum absolute atomic E-state index is 12.3. The molecule has 0 spiro atoms. The normalized spacial score (nSPS) is 14.2. The molecule has 0 heterocycles. The first-order valence-electron chi connectivity index (χ1n) is 10.3. The monoisotopic (exact) mass is 467 g/mol. The predicted octanol–water partition coefficient (Wildman–Crippen LogP) is 3.79. The topological polar surface area (TPSA) is 116 Å². The number of carbonyl (C=O) groups excluding carboxylic acids is 2. The molecule has 8 heteroatoms. The van der Waals surface area contributed by atoms with E-state index in [2.05, 4.69) is 5.32 Å². The third-order valence-corrected chi connectivity index (χ3v) is 5.96. The van der Waals surface area contributed by atoms with Crippen LogP contribution < -0.4 is 5.32 Å². The molecule has 4 rings (SSSR count). The molecule has 33 heavy (non-hydrogen) atoms. The number of phenols is 1. The lowest BCUT2D eigenvalue weighted by Crippen LogP contribution is -2.36. The van der Waals surface area contributed by atoms with Gasteiger partial charge in [-0.2, -0.15) is 0 Å². The van der Waals surface area contributed by atoms with Crippen LogP contribution in [0.2, 0.25) is 5.02 Å². The lowest BCUT2D eigenvalue weighted by molar-refractivity contribution is 0.0172. The molecule has 1 amide bonds. The molecular weight excluding hydrogens is 446 g/mol. The van der Waals surface area contributed by atoms with E-state index in [1.165, 1.54) is 12.1 Å². The average Bonchev–Trinajstić information content (AvgIpc) is 3.15. The number of ether oxygens (including phenoxy) is 1. The summed E-state index contributed by atoms with van der Waals surface area (Å²) in [7, 11) is 0. The Hall–Kier alpha value is -3.39. The van der Waals surface area contributed by atoms with Crippen molar-refractivity contribution in [2.75, 3.05) is 13.2 Å². The molecule has 0 saturated heterocycles. The number of aldehydes is 1. The smallest absolute Gasteiger partial charge is 0.407 e. The van der Waals surface area contributed by atoms with Crippen molar-refractivity contribution < 1.29 is 29.6 Å². The van der Waals surface area contributed by atoms with Crippen molar-refractivity contribution in [3.05, 3.63) is 87.9 Å². The zero-order valence-electron chi connectivity index (χ0n) is 17.4. The first-order valence-corrected chi connectivity index (χ1v) is 10.7. The van der Waals surface area contributed by atoms with Crippen LogP contribution in [-0.4, -0.2) is 47.0 Å². The van der Waals surface area contributed by atoms with Crippen molar-refractivity contribution in [1.29, 1.82) is 0 Å². The second kappa shape index (κ2) is 9.62. The number of aliphatic hydroxyl groups excluding tert-OH is 2. The van der Waals surface area contributed by atoms with Gasteiger partial charge >= 0.3 is 6.09 Å². The van der Waals surface area contributed by atoms with E-state index in [0.717, 1.165) is 22.3 Å². The van der Waals surface area contributed by atoms with Crippen molar-refractivity contribution >= 4 is 24.0 Å². The van der Waals surface area contributed by atoms with E-state index in [9.17, 15) is 24.9 Å². The zero-order chi connectivity index (χ0) is 23.5. The highest BCUT2D eigenvalue weighted by atomic mass is 35.5. The van der Waals surface area contributed by atoms with Crippen molar-refractivity contribution in [3.8, 4) is 16.9 Å². The molecule has 0 bridgehead atoms. The molecule has 1 aliphatic rings. The molecule has 1 aliphatic carbocycles. The van der Waals surface area contributed by atoms with Gasteiger partial charge in [0.2, 0.25) is 0 Å². The number of amides is 1. The van der Waals surface area contributed by atoms with Gasteiger partial charge in [-0.3, -0.25) is 4.79 Å². The van der Waals surface area contributed by atoms with Crippen molar-refractivity contribution in [2.24, 2.45) is 0 Å². The number of aromatic hydroxyl groups is 1. The molecule has 0 saturated carbocycles. The average molecular weight is 468 g/mol. The fraction of sp³-hybridized carbons (Fsp3) is 0.200. The van der Waals surface area contributed by atoms with E-state index in [4.69, 9.17) is 16.3 Å². The molecule has 170 valence electrons. The number of rotatable bonds is 7. The number of hydrogen-bond acceptors (Lipinski definition) is 6. The van der Waals surface area contributed by atoms with E-state index >= 15 is 0 Å². The van der Waals surface area contributed by atoms with Gasteiger partial charge in [-0.15, -0.1) is 0 Å². The van der Waals surface area contributed by atoms with Crippen LogP contribution in [0.3, 0.4) is 0 Å². The Morgan fingerprint density at radius 2 is 1.67 bits per heavy atom. The van der Waals surface area contributed by atoms with Crippen LogP contribution in [0.25, 0.3) is 11.1 Å². The third-order valence-electron chi connectivity index (χ3n) is 5.74. The first-order chi connectivity index (χ1) is 15.9. The standard InChI is InChI=1S/C25H22ClNO6/c26-15-9-14(12-28)23(30)20(10-15)24(31)22(29)11-27-25(32)33-13-21-18-7-3-1-5-16(18)17-6-2-4-8-19(17)21/h1-10,12,21-22,24,29-31H,11,13H2,(H,27,32). The van der Waals surface area contributed by atoms with Gasteiger partial charge < -0.3 is 25.4 Å². The van der Waals surface area contributed by atoms with E-state index < -0.39 is 24.1 Å². The van der Waals surface area contributed by atoms with E-state index in [1.807, 2.05) is 48.5 Å². The predicted molar refractivity (Wildman–Crippen MR) is 123 cm³/mol. The van der Waals surface area contributed by atoms with Crippen molar-refractivity contribution in [2.45, 2.75) is 18.1 Å². The first kappa shape index (κ1) is 22.8. The fourth-order valence-corrected chi connectivity index (χ4v) is 4.35. The van der Waals surface area contributed by atoms with Gasteiger partial charge in [0.15, 0.2) is 6.29 Å². The fourth-order valence-electron chi connectivity index (χ4n) is 4.11. The summed E-state index contributed by atoms with van der Waals surface area (Å²) in [5.41, 5.74) is 4.13. The van der Waals surface area contributed by atoms with E-state index in [1.54, 1.807) is 0 Å². The van der Waals surface area contributed by atoms with Crippen LogP contribution in [0.4, 0.5) is 4.79 Å². The van der Waals surface area contributed by atoms with Gasteiger partial charge in [-0.25, -0.2) is 4.79 Å². The van der Waals surface area contributed by atoms with Crippen LogP contribution in [0.1, 0.15) is 39.1 Å². The van der Waals surface area contributed by atoms with Gasteiger partial charge in [-0.1, -0.05) is 60.1 Å². The molecular formula is C25H22ClNO6. The van der Waals surface area contributed by atoms with Crippen LogP contribution in [-0.2, 0) is 4.74 Å². The molecule has 0 radical (unpaired) electrons. The number of halogens is 1. The summed E-state index contributed by atoms with van der Waals surface area (Å²) in [5, 5.41) is 33.3. The van der Waals surface area contributed by atoms with Gasteiger partial charge in [0, 0.05) is 23.0 Å². The Kier molecular flexibility index (Phi) is 6.65. The van der Waals surface area contributed by atoms with Gasteiger partial charge in [0.1, 0.15) is 24.6 Å². The Balaban J connectivity index is 1.37. The summed E-state index contributed by atoms with van der Waals surface area (Å²) in [5.74, 6) is -0.592. The number of alkyl carbamates (subject to hydrolysis) is 1. The lowest BCUT2D eigenvalue weighted by atomic mass is 9.98. The zero-order valence-corrected chi connectivity index (χ0v) is 18.2. The van der Waals surface area contributed by atoms with Crippen LogP contribution in [0.15, 0.2) is 60.7 Å². The van der Waals surface area contributed by atoms with Crippen LogP contribution in [0, 0.1) is 0 Å². The summed E-state index contributed by atoms with van der Waals surface area (Å²) in [6.45, 7) is -0.240. The summed E-state index contributed by atoms with van der Waals surface area (Å²) in [6, 6.07) is 18.4. The lowest BCUT2D eigenvalue weighted by Gasteiger charge is -2.20. The minimum Gasteiger partial charge on any atom is -0.507 e. The van der Waals surface area contributed by atoms with Gasteiger partial charge in [0.25, 0.3) is 0 Å². The quantitative estimate of drug-likeness (QED) is 0.393. The molecule has 2 atom stereocenters. The number of benzene rings is 3. The highest BCUT2D eigenvalue weighted by molar-refractivity contribution is 6.31. The highest BCUT2D eigenvalue weighted by Crippen LogP contribution is 2.44. The SMILES string of the molecule is O=Cc1cc(Cl)cc(C(O)C(O)CNC(=O)OCC2c3ccccc3-c3ccccc32)c1O. The second-order valence-electron chi connectivity index (χ2n) is 7.77. The molecule has 2 unspecified atom stereocenters. The molecule has 7 nitrogen and oxygen atoms in total. The third kappa shape index (κ3) is 4.57. The number of aliphatic hydroxyl groups is 2. The maximum Gasteiger partial charge on any atom is 0.407 e. The van der Waals surface area contributed by atoms with Gasteiger partial charge in [0.05, 0.1) is 5.56 Å². The number of phenolic OH excluding ortho intramolecular Hbond substituents is 1. The summed E-state index contributed by atoms with van der Waals surface area (Å²) in [6.07, 6.45) is -3.43. The maximum atomic E-state index is 12.3. The molecule has 3 aromatic carbocycles. The summed E-state index contributed by atoms with van der Waals surface area (Å²) < 4.78 is 5.40. The largest absolute Gasteiger partial charge is 0.507 e. The Morgan fingerprint density at radius 1 is 1.06 bits per heavy atom. The molecule has 3 aromatic rings. The van der Waals surface area contributed by atoms with Crippen LogP contribution in [0.5, 0.6) is 5.75 Å². The molecule has 0 aromatic heterocycles. The van der Waals surface area contributed by atoms with Crippen molar-refractivity contribution in [3.63, 3.8) is 0 Å². The van der Waals surface area contributed by atoms with Crippen molar-refractivity contribution in [1.82, 2.24) is 5.32 Å². The highest BCUT2D eigenvalue weighted by Gasteiger charge is 2.29. The Labute approximate surface area is 195 Å². The molecule has 0 fully saturated rings. The van der Waals surface area contributed by atoms with E-state index in [0.29, 0.717) is 6.29 Å². The Bertz CT molecular complexity index is 1150. The molecule has 4 N–H and O–H groups in total. The number of nitrogens with one attached hydrogen (secondary N) is 1. The second-order valence-corrected chi connectivity index (χ2v) is 8.21. The summed E-state index contributed by atoms with van der Waals surface area (Å²) >= 11 is 5.90.